The first-order valence-corrected chi connectivity index (χ1v) is 8.14. The van der Waals surface area contributed by atoms with Gasteiger partial charge in [0.1, 0.15) is 5.82 Å². The molecule has 0 spiro atoms. The number of hydrogen-bond acceptors (Lipinski definition) is 3. The average molecular weight is 394 g/mol. The minimum atomic E-state index is -3.03. The first kappa shape index (κ1) is 18.6. The standard InChI is InChI=1S/C17H14ClF2N5O2/c1-10-23-25(17(27)24(10)15(19)20)14-9-12(7-8-13(14)18)22-16(26)21-11-5-3-2-4-6-11/h2-9,15H,1H3,(H2,21,22,26). The fourth-order valence-electron chi connectivity index (χ4n) is 2.43. The van der Waals surface area contributed by atoms with Gasteiger partial charge in [-0.1, -0.05) is 29.8 Å². The number of halogens is 3. The molecule has 0 radical (unpaired) electrons. The second kappa shape index (κ2) is 7.58. The van der Waals surface area contributed by atoms with Crippen LogP contribution >= 0.6 is 11.6 Å². The summed E-state index contributed by atoms with van der Waals surface area (Å²) < 4.78 is 27.0. The summed E-state index contributed by atoms with van der Waals surface area (Å²) in [6.07, 6.45) is 0. The van der Waals surface area contributed by atoms with Crippen molar-refractivity contribution in [3.8, 4) is 5.69 Å². The molecule has 2 aromatic carbocycles. The summed E-state index contributed by atoms with van der Waals surface area (Å²) in [6, 6.07) is 12.6. The van der Waals surface area contributed by atoms with Gasteiger partial charge >= 0.3 is 18.3 Å². The Morgan fingerprint density at radius 1 is 1.11 bits per heavy atom. The molecule has 0 aliphatic rings. The molecule has 0 bridgehead atoms. The first-order valence-electron chi connectivity index (χ1n) is 7.76. The van der Waals surface area contributed by atoms with Gasteiger partial charge in [0.05, 0.1) is 10.7 Å². The van der Waals surface area contributed by atoms with Crippen molar-refractivity contribution in [3.05, 3.63) is 69.9 Å². The summed E-state index contributed by atoms with van der Waals surface area (Å²) in [7, 11) is 0. The highest BCUT2D eigenvalue weighted by molar-refractivity contribution is 6.32. The predicted octanol–water partition coefficient (Wildman–Crippen LogP) is 4.03. The molecule has 10 heteroatoms. The Bertz CT molecular complexity index is 1030. The van der Waals surface area contributed by atoms with E-state index in [0.29, 0.717) is 11.4 Å². The van der Waals surface area contributed by atoms with Gasteiger partial charge in [0.2, 0.25) is 0 Å². The lowest BCUT2D eigenvalue weighted by molar-refractivity contribution is 0.0640. The van der Waals surface area contributed by atoms with Crippen molar-refractivity contribution in [2.45, 2.75) is 13.5 Å². The molecule has 27 heavy (non-hydrogen) atoms. The van der Waals surface area contributed by atoms with E-state index in [4.69, 9.17) is 11.6 Å². The van der Waals surface area contributed by atoms with Crippen molar-refractivity contribution in [1.29, 1.82) is 0 Å². The number of rotatable bonds is 4. The van der Waals surface area contributed by atoms with Crippen LogP contribution in [0.25, 0.3) is 5.69 Å². The Balaban J connectivity index is 1.88. The zero-order valence-corrected chi connectivity index (χ0v) is 14.7. The lowest BCUT2D eigenvalue weighted by atomic mass is 10.2. The normalized spacial score (nSPS) is 10.9. The molecule has 140 valence electrons. The van der Waals surface area contributed by atoms with Gasteiger partial charge in [0.15, 0.2) is 0 Å². The quantitative estimate of drug-likeness (QED) is 0.702. The van der Waals surface area contributed by atoms with Crippen molar-refractivity contribution in [2.24, 2.45) is 0 Å². The number of aromatic nitrogens is 3. The van der Waals surface area contributed by atoms with Crippen LogP contribution in [0, 0.1) is 6.92 Å². The molecule has 0 aliphatic carbocycles. The predicted molar refractivity (Wildman–Crippen MR) is 97.9 cm³/mol. The number of carbonyl (C=O) groups excluding carboxylic acids is 1. The number of nitrogens with zero attached hydrogens (tertiary/aromatic N) is 3. The van der Waals surface area contributed by atoms with Crippen molar-refractivity contribution < 1.29 is 13.6 Å². The van der Waals surface area contributed by atoms with Crippen LogP contribution in [0.1, 0.15) is 12.4 Å². The highest BCUT2D eigenvalue weighted by atomic mass is 35.5. The maximum atomic E-state index is 13.0. The topological polar surface area (TPSA) is 81.0 Å². The zero-order chi connectivity index (χ0) is 19.6. The summed E-state index contributed by atoms with van der Waals surface area (Å²) in [5.74, 6) is -0.161. The van der Waals surface area contributed by atoms with E-state index in [2.05, 4.69) is 15.7 Å². The molecule has 2 amide bonds. The number of para-hydroxylation sites is 1. The van der Waals surface area contributed by atoms with Gasteiger partial charge in [0.25, 0.3) is 0 Å². The summed E-state index contributed by atoms with van der Waals surface area (Å²) in [5, 5.41) is 9.16. The first-order chi connectivity index (χ1) is 12.9. The molecular weight excluding hydrogens is 380 g/mol. The number of aryl methyl sites for hydroxylation is 1. The second-order valence-electron chi connectivity index (χ2n) is 5.50. The molecule has 7 nitrogen and oxygen atoms in total. The van der Waals surface area contributed by atoms with Crippen LogP contribution in [0.2, 0.25) is 5.02 Å². The van der Waals surface area contributed by atoms with Crippen LogP contribution in [-0.4, -0.2) is 20.4 Å². The highest BCUT2D eigenvalue weighted by Gasteiger charge is 2.20. The Morgan fingerprint density at radius 3 is 2.41 bits per heavy atom. The molecule has 3 aromatic rings. The van der Waals surface area contributed by atoms with Crippen molar-refractivity contribution in [3.63, 3.8) is 0 Å². The van der Waals surface area contributed by atoms with Gasteiger partial charge in [-0.2, -0.15) is 13.5 Å². The number of nitrogens with one attached hydrogen (secondary N) is 2. The SMILES string of the molecule is Cc1nn(-c2cc(NC(=O)Nc3ccccc3)ccc2Cl)c(=O)n1C(F)F. The molecule has 2 N–H and O–H groups in total. The van der Waals surface area contributed by atoms with Gasteiger partial charge in [-0.3, -0.25) is 0 Å². The van der Waals surface area contributed by atoms with Crippen LogP contribution in [0.5, 0.6) is 0 Å². The third-order valence-corrected chi connectivity index (χ3v) is 3.96. The van der Waals surface area contributed by atoms with Gasteiger partial charge < -0.3 is 10.6 Å². The van der Waals surface area contributed by atoms with Crippen LogP contribution in [0.4, 0.5) is 25.0 Å². The van der Waals surface area contributed by atoms with Gasteiger partial charge in [0, 0.05) is 11.4 Å². The fraction of sp³-hybridized carbons (Fsp3) is 0.118. The summed E-state index contributed by atoms with van der Waals surface area (Å²) in [5.41, 5.74) is -0.0670. The van der Waals surface area contributed by atoms with E-state index in [9.17, 15) is 18.4 Å². The largest absolute Gasteiger partial charge is 0.355 e. The molecule has 0 unspecified atom stereocenters. The minimum absolute atomic E-state index is 0.0710. The zero-order valence-electron chi connectivity index (χ0n) is 14.0. The van der Waals surface area contributed by atoms with E-state index in [0.717, 1.165) is 4.68 Å². The van der Waals surface area contributed by atoms with E-state index in [1.165, 1.54) is 25.1 Å². The molecule has 0 saturated carbocycles. The Hall–Kier alpha value is -3.20. The highest BCUT2D eigenvalue weighted by Crippen LogP contribution is 2.24. The Labute approximate surface area is 157 Å². The maximum Gasteiger partial charge on any atom is 0.355 e. The maximum absolute atomic E-state index is 13.0. The van der Waals surface area contributed by atoms with E-state index in [1.54, 1.807) is 24.3 Å². The summed E-state index contributed by atoms with van der Waals surface area (Å²) >= 11 is 6.09. The molecule has 0 aliphatic heterocycles. The molecule has 1 aromatic heterocycles. The lowest BCUT2D eigenvalue weighted by Gasteiger charge is -2.10. The molecule has 1 heterocycles. The summed E-state index contributed by atoms with van der Waals surface area (Å²) in [4.78, 5) is 24.3. The van der Waals surface area contributed by atoms with Gasteiger partial charge in [-0.05, 0) is 37.3 Å². The molecular formula is C17H14ClF2N5O2. The van der Waals surface area contributed by atoms with E-state index in [-0.39, 0.29) is 21.1 Å². The number of anilines is 2. The average Bonchev–Trinajstić information content (AvgIpc) is 2.91. The number of alkyl halides is 2. The third-order valence-electron chi connectivity index (χ3n) is 3.64. The molecule has 0 fully saturated rings. The minimum Gasteiger partial charge on any atom is -0.308 e. The molecule has 3 rings (SSSR count). The fourth-order valence-corrected chi connectivity index (χ4v) is 2.62. The number of amides is 2. The second-order valence-corrected chi connectivity index (χ2v) is 5.91. The smallest absolute Gasteiger partial charge is 0.308 e. The van der Waals surface area contributed by atoms with E-state index in [1.807, 2.05) is 6.07 Å². The molecule has 0 saturated heterocycles. The van der Waals surface area contributed by atoms with Crippen molar-refractivity contribution >= 4 is 29.0 Å². The van der Waals surface area contributed by atoms with Gasteiger partial charge in [-0.25, -0.2) is 14.2 Å². The number of carbonyl (C=O) groups is 1. The monoisotopic (exact) mass is 393 g/mol. The molecule has 0 atom stereocenters. The van der Waals surface area contributed by atoms with Crippen LogP contribution in [0.3, 0.4) is 0 Å². The van der Waals surface area contributed by atoms with E-state index < -0.39 is 18.3 Å². The summed E-state index contributed by atoms with van der Waals surface area (Å²) in [6.45, 7) is -1.74. The van der Waals surface area contributed by atoms with Gasteiger partial charge in [-0.15, -0.1) is 5.10 Å². The Morgan fingerprint density at radius 2 is 1.78 bits per heavy atom. The van der Waals surface area contributed by atoms with Crippen molar-refractivity contribution in [1.82, 2.24) is 14.3 Å². The number of urea groups is 1. The van der Waals surface area contributed by atoms with Crippen LogP contribution < -0.4 is 16.3 Å². The van der Waals surface area contributed by atoms with Crippen LogP contribution in [0.15, 0.2) is 53.3 Å². The lowest BCUT2D eigenvalue weighted by Crippen LogP contribution is -2.25. The number of hydrogen-bond donors (Lipinski definition) is 2. The van der Waals surface area contributed by atoms with Crippen molar-refractivity contribution in [2.75, 3.05) is 10.6 Å². The Kier molecular flexibility index (Phi) is 5.22. The third kappa shape index (κ3) is 3.98. The van der Waals surface area contributed by atoms with E-state index >= 15 is 0 Å². The number of benzene rings is 2. The van der Waals surface area contributed by atoms with Crippen LogP contribution in [-0.2, 0) is 0 Å².